The standard InChI is InChI=1S/C23H28N4O4/c24-23(30)25-20(15-21(28)26-27-22(29)16-8-3-1-4-9-16)17-10-7-13-19(14-17)31-18-11-5-2-6-12-18/h2,5-7,10-14,16,20H,1,3-4,8-9,15H2,(H,26,28)(H,27,29)(H3,24,25,30)/t20-/m0/s1. The lowest BCUT2D eigenvalue weighted by molar-refractivity contribution is -0.132. The van der Waals surface area contributed by atoms with Gasteiger partial charge < -0.3 is 15.8 Å². The molecule has 1 fully saturated rings. The van der Waals surface area contributed by atoms with Crippen LogP contribution in [0.4, 0.5) is 4.79 Å². The van der Waals surface area contributed by atoms with Gasteiger partial charge in [0.2, 0.25) is 11.8 Å². The largest absolute Gasteiger partial charge is 0.457 e. The van der Waals surface area contributed by atoms with Crippen molar-refractivity contribution < 1.29 is 19.1 Å². The number of hydrogen-bond acceptors (Lipinski definition) is 4. The molecular formula is C23H28N4O4. The maximum Gasteiger partial charge on any atom is 0.312 e. The van der Waals surface area contributed by atoms with E-state index in [2.05, 4.69) is 16.2 Å². The summed E-state index contributed by atoms with van der Waals surface area (Å²) < 4.78 is 5.82. The van der Waals surface area contributed by atoms with Crippen molar-refractivity contribution in [2.24, 2.45) is 11.7 Å². The predicted molar refractivity (Wildman–Crippen MR) is 116 cm³/mol. The fourth-order valence-corrected chi connectivity index (χ4v) is 3.68. The fourth-order valence-electron chi connectivity index (χ4n) is 3.68. The van der Waals surface area contributed by atoms with Crippen molar-refractivity contribution in [2.45, 2.75) is 44.6 Å². The number of primary amides is 1. The number of rotatable bonds is 7. The summed E-state index contributed by atoms with van der Waals surface area (Å²) >= 11 is 0. The highest BCUT2D eigenvalue weighted by molar-refractivity contribution is 5.84. The third-order valence-corrected chi connectivity index (χ3v) is 5.25. The van der Waals surface area contributed by atoms with Crippen LogP contribution in [-0.4, -0.2) is 17.8 Å². The Hall–Kier alpha value is -3.55. The minimum atomic E-state index is -0.751. The Balaban J connectivity index is 1.61. The number of para-hydroxylation sites is 1. The molecule has 0 unspecified atom stereocenters. The Kier molecular flexibility index (Phi) is 7.86. The summed E-state index contributed by atoms with van der Waals surface area (Å²) in [5, 5.41) is 2.58. The Morgan fingerprint density at radius 1 is 0.935 bits per heavy atom. The smallest absolute Gasteiger partial charge is 0.312 e. The van der Waals surface area contributed by atoms with Gasteiger partial charge in [-0.05, 0) is 42.7 Å². The first-order chi connectivity index (χ1) is 15.0. The summed E-state index contributed by atoms with van der Waals surface area (Å²) in [7, 11) is 0. The van der Waals surface area contributed by atoms with Gasteiger partial charge in [-0.2, -0.15) is 0 Å². The molecule has 1 atom stereocenters. The number of nitrogens with one attached hydrogen (secondary N) is 3. The van der Waals surface area contributed by atoms with Gasteiger partial charge in [-0.25, -0.2) is 4.79 Å². The molecule has 0 spiro atoms. The third kappa shape index (κ3) is 7.02. The number of ether oxygens (including phenoxy) is 1. The van der Waals surface area contributed by atoms with Crippen molar-refractivity contribution in [3.05, 3.63) is 60.2 Å². The molecule has 0 heterocycles. The number of nitrogens with two attached hydrogens (primary N) is 1. The molecule has 0 aromatic heterocycles. The highest BCUT2D eigenvalue weighted by Gasteiger charge is 2.23. The minimum absolute atomic E-state index is 0.0691. The van der Waals surface area contributed by atoms with Gasteiger partial charge in [-0.1, -0.05) is 49.6 Å². The normalized spacial score (nSPS) is 14.8. The zero-order valence-electron chi connectivity index (χ0n) is 17.3. The van der Waals surface area contributed by atoms with Crippen molar-refractivity contribution in [3.8, 4) is 11.5 Å². The van der Waals surface area contributed by atoms with Crippen LogP contribution in [0.2, 0.25) is 0 Å². The van der Waals surface area contributed by atoms with Gasteiger partial charge in [-0.3, -0.25) is 20.4 Å². The maximum atomic E-state index is 12.4. The summed E-state index contributed by atoms with van der Waals surface area (Å²) in [4.78, 5) is 36.1. The second-order valence-corrected chi connectivity index (χ2v) is 7.63. The van der Waals surface area contributed by atoms with Crippen LogP contribution in [0.1, 0.15) is 50.1 Å². The molecule has 0 aliphatic heterocycles. The molecule has 2 aromatic rings. The van der Waals surface area contributed by atoms with E-state index in [4.69, 9.17) is 10.5 Å². The lowest BCUT2D eigenvalue weighted by atomic mass is 9.89. The van der Waals surface area contributed by atoms with Gasteiger partial charge >= 0.3 is 6.03 Å². The van der Waals surface area contributed by atoms with Gasteiger partial charge in [0.25, 0.3) is 0 Å². The number of carbonyl (C=O) groups is 3. The van der Waals surface area contributed by atoms with Crippen LogP contribution >= 0.6 is 0 Å². The molecule has 1 aliphatic rings. The van der Waals surface area contributed by atoms with E-state index in [9.17, 15) is 14.4 Å². The molecule has 8 heteroatoms. The van der Waals surface area contributed by atoms with E-state index < -0.39 is 18.0 Å². The summed E-state index contributed by atoms with van der Waals surface area (Å²) in [5.74, 6) is 0.552. The average Bonchev–Trinajstić information content (AvgIpc) is 2.78. The third-order valence-electron chi connectivity index (χ3n) is 5.25. The average molecular weight is 425 g/mol. The second kappa shape index (κ2) is 11.0. The molecule has 0 saturated heterocycles. The molecule has 0 radical (unpaired) electrons. The van der Waals surface area contributed by atoms with Gasteiger partial charge in [0.1, 0.15) is 11.5 Å². The molecule has 1 aliphatic carbocycles. The first kappa shape index (κ1) is 22.1. The molecule has 5 N–H and O–H groups in total. The highest BCUT2D eigenvalue weighted by Crippen LogP contribution is 2.26. The number of amides is 4. The van der Waals surface area contributed by atoms with Gasteiger partial charge in [0, 0.05) is 5.92 Å². The summed E-state index contributed by atoms with van der Waals surface area (Å²) in [6.07, 6.45) is 4.77. The van der Waals surface area contributed by atoms with Crippen LogP contribution in [0.3, 0.4) is 0 Å². The van der Waals surface area contributed by atoms with Crippen molar-refractivity contribution in [1.82, 2.24) is 16.2 Å². The predicted octanol–water partition coefficient (Wildman–Crippen LogP) is 3.31. The number of hydrazine groups is 1. The molecular weight excluding hydrogens is 396 g/mol. The van der Waals surface area contributed by atoms with E-state index in [0.717, 1.165) is 32.1 Å². The molecule has 164 valence electrons. The monoisotopic (exact) mass is 424 g/mol. The van der Waals surface area contributed by atoms with Crippen LogP contribution in [0.15, 0.2) is 54.6 Å². The topological polar surface area (TPSA) is 123 Å². The van der Waals surface area contributed by atoms with Crippen molar-refractivity contribution in [2.75, 3.05) is 0 Å². The van der Waals surface area contributed by atoms with Crippen molar-refractivity contribution in [1.29, 1.82) is 0 Å². The maximum absolute atomic E-state index is 12.4. The lowest BCUT2D eigenvalue weighted by Crippen LogP contribution is -2.46. The second-order valence-electron chi connectivity index (χ2n) is 7.63. The van der Waals surface area contributed by atoms with E-state index in [0.29, 0.717) is 17.1 Å². The Bertz CT molecular complexity index is 897. The molecule has 2 aromatic carbocycles. The quantitative estimate of drug-likeness (QED) is 0.509. The molecule has 4 amide bonds. The van der Waals surface area contributed by atoms with E-state index in [1.165, 1.54) is 0 Å². The van der Waals surface area contributed by atoms with E-state index in [1.807, 2.05) is 30.3 Å². The Morgan fingerprint density at radius 2 is 1.65 bits per heavy atom. The van der Waals surface area contributed by atoms with Crippen molar-refractivity contribution in [3.63, 3.8) is 0 Å². The van der Waals surface area contributed by atoms with E-state index in [-0.39, 0.29) is 18.2 Å². The number of urea groups is 1. The van der Waals surface area contributed by atoms with Gasteiger partial charge in [0.15, 0.2) is 0 Å². The first-order valence-corrected chi connectivity index (χ1v) is 10.5. The lowest BCUT2D eigenvalue weighted by Gasteiger charge is -2.22. The summed E-state index contributed by atoms with van der Waals surface area (Å²) in [6.45, 7) is 0. The van der Waals surface area contributed by atoms with Crippen LogP contribution in [0.5, 0.6) is 11.5 Å². The minimum Gasteiger partial charge on any atom is -0.457 e. The number of benzene rings is 2. The van der Waals surface area contributed by atoms with Crippen molar-refractivity contribution >= 4 is 17.8 Å². The van der Waals surface area contributed by atoms with Crippen LogP contribution < -0.4 is 26.6 Å². The zero-order chi connectivity index (χ0) is 22.1. The Morgan fingerprint density at radius 3 is 2.35 bits per heavy atom. The highest BCUT2D eigenvalue weighted by atomic mass is 16.5. The van der Waals surface area contributed by atoms with Crippen LogP contribution in [-0.2, 0) is 9.59 Å². The van der Waals surface area contributed by atoms with E-state index >= 15 is 0 Å². The van der Waals surface area contributed by atoms with Crippen LogP contribution in [0.25, 0.3) is 0 Å². The molecule has 0 bridgehead atoms. The summed E-state index contributed by atoms with van der Waals surface area (Å²) in [6, 6.07) is 14.9. The molecule has 31 heavy (non-hydrogen) atoms. The number of hydrogen-bond donors (Lipinski definition) is 4. The van der Waals surface area contributed by atoms with E-state index in [1.54, 1.807) is 24.3 Å². The Labute approximate surface area is 181 Å². The van der Waals surface area contributed by atoms with Crippen LogP contribution in [0, 0.1) is 5.92 Å². The SMILES string of the molecule is NC(=O)N[C@@H](CC(=O)NNC(=O)C1CCCCC1)c1cccc(Oc2ccccc2)c1. The zero-order valence-corrected chi connectivity index (χ0v) is 17.3. The molecule has 3 rings (SSSR count). The summed E-state index contributed by atoms with van der Waals surface area (Å²) in [5.41, 5.74) is 10.9. The number of carbonyl (C=O) groups excluding carboxylic acids is 3. The molecule has 1 saturated carbocycles. The first-order valence-electron chi connectivity index (χ1n) is 10.5. The molecule has 8 nitrogen and oxygen atoms in total. The fraction of sp³-hybridized carbons (Fsp3) is 0.348. The van der Waals surface area contributed by atoms with Gasteiger partial charge in [0.05, 0.1) is 12.5 Å². The van der Waals surface area contributed by atoms with Gasteiger partial charge in [-0.15, -0.1) is 0 Å².